The molecule has 0 saturated heterocycles. The fourth-order valence-electron chi connectivity index (χ4n) is 4.04. The van der Waals surface area contributed by atoms with E-state index in [0.29, 0.717) is 0 Å². The topological polar surface area (TPSA) is 39.9 Å². The van der Waals surface area contributed by atoms with Gasteiger partial charge in [0.25, 0.3) is 0 Å². The Morgan fingerprint density at radius 2 is 1.62 bits per heavy atom. The number of aromatic nitrogens is 3. The van der Waals surface area contributed by atoms with E-state index in [1.54, 1.807) is 0 Å². The van der Waals surface area contributed by atoms with Gasteiger partial charge in [-0.2, -0.15) is 0 Å². The van der Waals surface area contributed by atoms with Gasteiger partial charge in [0.15, 0.2) is 0 Å². The van der Waals surface area contributed by atoms with E-state index in [1.165, 1.54) is 11.1 Å². The van der Waals surface area contributed by atoms with Crippen molar-refractivity contribution in [1.82, 2.24) is 15.0 Å². The highest BCUT2D eigenvalue weighted by atomic mass is 16.5. The third-order valence-electron chi connectivity index (χ3n) is 5.85. The highest BCUT2D eigenvalue weighted by Crippen LogP contribution is 2.44. The summed E-state index contributed by atoms with van der Waals surface area (Å²) in [7, 11) is 0. The third-order valence-corrected chi connectivity index (χ3v) is 5.85. The second kappa shape index (κ2) is 7.10. The molecule has 152 valence electrons. The second-order valence-electron chi connectivity index (χ2n) is 9.53. The molecule has 3 aromatic rings. The molecule has 1 heterocycles. The molecule has 0 fully saturated rings. The van der Waals surface area contributed by atoms with Crippen LogP contribution in [0.3, 0.4) is 0 Å². The van der Waals surface area contributed by atoms with Crippen LogP contribution in [-0.2, 0) is 16.7 Å². The first-order chi connectivity index (χ1) is 13.7. The summed E-state index contributed by atoms with van der Waals surface area (Å²) in [6.07, 6.45) is 1.75. The Bertz CT molecular complexity index is 1030. The number of hydrogen-bond acceptors (Lipinski definition) is 3. The molecular weight excluding hydrogens is 358 g/mol. The summed E-state index contributed by atoms with van der Waals surface area (Å²) >= 11 is 0. The Morgan fingerprint density at radius 1 is 0.966 bits per heavy atom. The molecule has 0 spiro atoms. The largest absolute Gasteiger partial charge is 0.368 e. The van der Waals surface area contributed by atoms with Crippen LogP contribution < -0.4 is 0 Å². The zero-order valence-corrected chi connectivity index (χ0v) is 18.4. The lowest BCUT2D eigenvalue weighted by Gasteiger charge is -2.32. The van der Waals surface area contributed by atoms with Crippen molar-refractivity contribution >= 4 is 0 Å². The van der Waals surface area contributed by atoms with Crippen LogP contribution in [0.25, 0.3) is 22.5 Å². The minimum atomic E-state index is -0.240. The van der Waals surface area contributed by atoms with Gasteiger partial charge in [-0.1, -0.05) is 60.7 Å². The molecule has 0 radical (unpaired) electrons. The molecule has 1 unspecified atom stereocenters. The quantitative estimate of drug-likeness (QED) is 0.538. The maximum Gasteiger partial charge on any atom is 0.121 e. The van der Waals surface area contributed by atoms with E-state index < -0.39 is 0 Å². The summed E-state index contributed by atoms with van der Waals surface area (Å²) in [5.41, 5.74) is 6.44. The summed E-state index contributed by atoms with van der Waals surface area (Å²) in [4.78, 5) is 0. The van der Waals surface area contributed by atoms with Gasteiger partial charge in [0.2, 0.25) is 0 Å². The van der Waals surface area contributed by atoms with Gasteiger partial charge in [-0.3, -0.25) is 0 Å². The van der Waals surface area contributed by atoms with Gasteiger partial charge in [0.05, 0.1) is 22.9 Å². The van der Waals surface area contributed by atoms with Crippen molar-refractivity contribution in [2.45, 2.75) is 71.6 Å². The standard InChI is InChI=1S/C25H31N3O/c1-7-25(5,6)28-23-20-15-11-10-14-19(20)21(29-24(2,3)4)16-17-12-8-9-13-18(17)22(23)26-27-28/h8-15,21H,7,16H2,1-6H3. The number of benzene rings is 2. The predicted molar refractivity (Wildman–Crippen MR) is 118 cm³/mol. The lowest BCUT2D eigenvalue weighted by Crippen LogP contribution is -2.28. The van der Waals surface area contributed by atoms with Crippen LogP contribution in [0.4, 0.5) is 0 Å². The second-order valence-corrected chi connectivity index (χ2v) is 9.53. The molecule has 4 heteroatoms. The van der Waals surface area contributed by atoms with E-state index in [1.807, 2.05) is 0 Å². The number of nitrogens with zero attached hydrogens (tertiary/aromatic N) is 3. The fraction of sp³-hybridized carbons (Fsp3) is 0.440. The summed E-state index contributed by atoms with van der Waals surface area (Å²) in [5.74, 6) is 0. The van der Waals surface area contributed by atoms with Gasteiger partial charge in [-0.15, -0.1) is 5.10 Å². The highest BCUT2D eigenvalue weighted by molar-refractivity contribution is 5.82. The normalized spacial score (nSPS) is 16.4. The zero-order chi connectivity index (χ0) is 20.8. The lowest BCUT2D eigenvalue weighted by molar-refractivity contribution is -0.0611. The monoisotopic (exact) mass is 389 g/mol. The molecule has 0 amide bonds. The van der Waals surface area contributed by atoms with Crippen LogP contribution in [0.1, 0.15) is 65.2 Å². The number of fused-ring (bicyclic) bond motifs is 5. The van der Waals surface area contributed by atoms with Crippen LogP contribution in [0, 0.1) is 0 Å². The molecule has 1 atom stereocenters. The number of hydrogen-bond donors (Lipinski definition) is 0. The predicted octanol–water partition coefficient (Wildman–Crippen LogP) is 6.17. The summed E-state index contributed by atoms with van der Waals surface area (Å²) in [5, 5.41) is 9.33. The molecule has 4 nitrogen and oxygen atoms in total. The first kappa shape index (κ1) is 19.8. The van der Waals surface area contributed by atoms with Crippen molar-refractivity contribution in [1.29, 1.82) is 0 Å². The highest BCUT2D eigenvalue weighted by Gasteiger charge is 2.33. The van der Waals surface area contributed by atoms with Crippen LogP contribution in [0.5, 0.6) is 0 Å². The minimum absolute atomic E-state index is 0.0337. The zero-order valence-electron chi connectivity index (χ0n) is 18.4. The van der Waals surface area contributed by atoms with Crippen molar-refractivity contribution in [3.05, 3.63) is 59.7 Å². The summed E-state index contributed by atoms with van der Waals surface area (Å²) in [6.45, 7) is 13.0. The van der Waals surface area contributed by atoms with Crippen LogP contribution in [0.2, 0.25) is 0 Å². The molecule has 2 aromatic carbocycles. The lowest BCUT2D eigenvalue weighted by atomic mass is 9.86. The maximum atomic E-state index is 6.59. The average molecular weight is 390 g/mol. The molecule has 29 heavy (non-hydrogen) atoms. The Hall–Kier alpha value is -2.46. The Morgan fingerprint density at radius 3 is 2.31 bits per heavy atom. The SMILES string of the molecule is CCC(C)(C)n1nnc2c1-c1ccccc1C(OC(C)(C)C)Cc1ccccc1-2. The molecule has 0 saturated carbocycles. The van der Waals surface area contributed by atoms with Crippen LogP contribution >= 0.6 is 0 Å². The van der Waals surface area contributed by atoms with E-state index >= 15 is 0 Å². The molecule has 4 rings (SSSR count). The Balaban J connectivity index is 2.04. The van der Waals surface area contributed by atoms with Crippen LogP contribution in [-0.4, -0.2) is 20.6 Å². The van der Waals surface area contributed by atoms with Crippen molar-refractivity contribution < 1.29 is 4.74 Å². The molecule has 0 bridgehead atoms. The smallest absolute Gasteiger partial charge is 0.121 e. The van der Waals surface area contributed by atoms with Crippen molar-refractivity contribution in [3.8, 4) is 22.5 Å². The van der Waals surface area contributed by atoms with Gasteiger partial charge >= 0.3 is 0 Å². The molecule has 1 aliphatic carbocycles. The first-order valence-corrected chi connectivity index (χ1v) is 10.5. The fourth-order valence-corrected chi connectivity index (χ4v) is 4.04. The van der Waals surface area contributed by atoms with Crippen molar-refractivity contribution in [2.75, 3.05) is 0 Å². The van der Waals surface area contributed by atoms with Crippen LogP contribution in [0.15, 0.2) is 48.5 Å². The van der Waals surface area contributed by atoms with Crippen molar-refractivity contribution in [3.63, 3.8) is 0 Å². The average Bonchev–Trinajstić information content (AvgIpc) is 3.11. The summed E-state index contributed by atoms with van der Waals surface area (Å²) < 4.78 is 8.70. The molecule has 1 aliphatic rings. The van der Waals surface area contributed by atoms with Gasteiger partial charge in [0.1, 0.15) is 5.69 Å². The van der Waals surface area contributed by atoms with E-state index in [9.17, 15) is 0 Å². The summed E-state index contributed by atoms with van der Waals surface area (Å²) in [6, 6.07) is 17.1. The van der Waals surface area contributed by atoms with Gasteiger partial charge in [0, 0.05) is 17.5 Å². The molecule has 1 aromatic heterocycles. The maximum absolute atomic E-state index is 6.59. The van der Waals surface area contributed by atoms with E-state index in [-0.39, 0.29) is 17.2 Å². The van der Waals surface area contributed by atoms with E-state index in [0.717, 1.165) is 35.4 Å². The minimum Gasteiger partial charge on any atom is -0.368 e. The molecule has 0 aliphatic heterocycles. The Labute approximate surface area is 173 Å². The van der Waals surface area contributed by atoms with Crippen molar-refractivity contribution in [2.24, 2.45) is 0 Å². The number of ether oxygens (including phenoxy) is 1. The van der Waals surface area contributed by atoms with Gasteiger partial charge in [-0.25, -0.2) is 4.68 Å². The van der Waals surface area contributed by atoms with E-state index in [2.05, 4.69) is 105 Å². The third kappa shape index (κ3) is 3.62. The van der Waals surface area contributed by atoms with Gasteiger partial charge in [-0.05, 0) is 52.2 Å². The van der Waals surface area contributed by atoms with E-state index in [4.69, 9.17) is 4.74 Å². The first-order valence-electron chi connectivity index (χ1n) is 10.5. The van der Waals surface area contributed by atoms with Gasteiger partial charge < -0.3 is 4.74 Å². The Kier molecular flexibility index (Phi) is 4.86. The molecular formula is C25H31N3O. The number of rotatable bonds is 3. The molecule has 0 N–H and O–H groups in total.